The van der Waals surface area contributed by atoms with E-state index in [1.165, 1.54) is 5.82 Å². The second-order valence-electron chi connectivity index (χ2n) is 0.456. The molecule has 3 heteroatoms. The summed E-state index contributed by atoms with van der Waals surface area (Å²) < 4.78 is 0.287. The molecule has 0 nitrogen and oxygen atoms in total. The van der Waals surface area contributed by atoms with Crippen molar-refractivity contribution < 1.29 is 0 Å². The Hall–Kier alpha value is 0.750. The van der Waals surface area contributed by atoms with E-state index in [1.807, 2.05) is 0 Å². The predicted octanol–water partition coefficient (Wildman–Crippen LogP) is 2.14. The predicted molar refractivity (Wildman–Crippen MR) is 29.5 cm³/mol. The molecule has 0 rings (SSSR count). The van der Waals surface area contributed by atoms with Gasteiger partial charge in [-0.2, -0.15) is 0 Å². The highest BCUT2D eigenvalue weighted by Crippen LogP contribution is 2.07. The second kappa shape index (κ2) is 2.96. The number of halogens is 2. The Labute approximate surface area is 43.4 Å². The van der Waals surface area contributed by atoms with Crippen LogP contribution in [0.3, 0.4) is 0 Å². The summed E-state index contributed by atoms with van der Waals surface area (Å²) >= 11 is 10.1. The Morgan fingerprint density at radius 1 is 1.60 bits per heavy atom. The summed E-state index contributed by atoms with van der Waals surface area (Å²) in [4.78, 5) is 0. The molecule has 0 aromatic carbocycles. The summed E-state index contributed by atoms with van der Waals surface area (Å²) in [6, 6.07) is 0. The number of hydrogen-bond donors (Lipinski definition) is 0. The molecule has 0 radical (unpaired) electrons. The summed E-state index contributed by atoms with van der Waals surface area (Å²) in [5.74, 6) is 1.53. The smallest absolute Gasteiger partial charge is 0.106 e. The second-order valence-corrected chi connectivity index (χ2v) is 1.80. The Kier molecular flexibility index (Phi) is 3.40. The van der Waals surface area contributed by atoms with Crippen molar-refractivity contribution in [3.05, 3.63) is 10.3 Å². The van der Waals surface area contributed by atoms with E-state index in [1.54, 1.807) is 0 Å². The fourth-order valence-electron chi connectivity index (χ4n) is 0. The molecule has 1 unspecified atom stereocenters. The van der Waals surface area contributed by atoms with Crippen molar-refractivity contribution in [2.24, 2.45) is 0 Å². The van der Waals surface area contributed by atoms with Crippen LogP contribution in [0.2, 0.25) is 0 Å². The van der Waals surface area contributed by atoms with E-state index in [2.05, 4.69) is 9.24 Å². The van der Waals surface area contributed by atoms with Gasteiger partial charge in [0.2, 0.25) is 0 Å². The minimum Gasteiger partial charge on any atom is -0.111 e. The first kappa shape index (κ1) is 5.75. The highest BCUT2D eigenvalue weighted by molar-refractivity contribution is 7.21. The molecule has 0 heterocycles. The molecule has 0 aliphatic rings. The van der Waals surface area contributed by atoms with Crippen molar-refractivity contribution in [1.29, 1.82) is 0 Å². The molecule has 1 atom stereocenters. The molecule has 0 saturated heterocycles. The molecule has 0 aromatic rings. The van der Waals surface area contributed by atoms with Gasteiger partial charge in [0.05, 0.1) is 0 Å². The highest BCUT2D eigenvalue weighted by atomic mass is 35.5. The molecule has 0 N–H and O–H groups in total. The van der Waals surface area contributed by atoms with E-state index in [9.17, 15) is 0 Å². The van der Waals surface area contributed by atoms with Crippen LogP contribution in [-0.2, 0) is 0 Å². The van der Waals surface area contributed by atoms with Crippen LogP contribution < -0.4 is 0 Å². The van der Waals surface area contributed by atoms with E-state index >= 15 is 0 Å². The summed E-state index contributed by atoms with van der Waals surface area (Å²) in [6.45, 7) is 0. The lowest BCUT2D eigenvalue weighted by molar-refractivity contribution is 2.39. The largest absolute Gasteiger partial charge is 0.111 e. The van der Waals surface area contributed by atoms with Gasteiger partial charge in [0.25, 0.3) is 0 Å². The van der Waals surface area contributed by atoms with Gasteiger partial charge in [-0.3, -0.25) is 0 Å². The molecular weight excluding hydrogens is 126 g/mol. The maximum absolute atomic E-state index is 5.07. The maximum Gasteiger partial charge on any atom is 0.106 e. The molecule has 0 aliphatic heterocycles. The normalized spacial score (nSPS) is 7.00. The lowest BCUT2D eigenvalue weighted by atomic mass is 11.2. The molecule has 0 aliphatic carbocycles. The topological polar surface area (TPSA) is 0 Å². The molecule has 0 saturated carbocycles. The van der Waals surface area contributed by atoms with Crippen LogP contribution in [0.1, 0.15) is 0 Å². The summed E-state index contributed by atoms with van der Waals surface area (Å²) in [5.41, 5.74) is 0. The molecule has 5 heavy (non-hydrogen) atoms. The minimum absolute atomic E-state index is 0.287. The van der Waals surface area contributed by atoms with Crippen molar-refractivity contribution in [2.75, 3.05) is 0 Å². The van der Waals surface area contributed by atoms with Crippen LogP contribution in [0.4, 0.5) is 0 Å². The van der Waals surface area contributed by atoms with Gasteiger partial charge in [-0.05, 0) is 5.82 Å². The Morgan fingerprint density at radius 2 is 1.80 bits per heavy atom. The fourth-order valence-corrected chi connectivity index (χ4v) is 0. The Balaban J connectivity index is 3.14. The van der Waals surface area contributed by atoms with Crippen molar-refractivity contribution >= 4 is 32.4 Å². The first-order chi connectivity index (χ1) is 2.27. The van der Waals surface area contributed by atoms with Crippen LogP contribution in [0.15, 0.2) is 10.3 Å². The highest BCUT2D eigenvalue weighted by Gasteiger charge is 1.68. The average molecular weight is 129 g/mol. The zero-order valence-electron chi connectivity index (χ0n) is 2.41. The fraction of sp³-hybridized carbons (Fsp3) is 0. The molecular formula is C2H3Cl2P. The zero-order chi connectivity index (χ0) is 4.28. The van der Waals surface area contributed by atoms with Gasteiger partial charge in [0.15, 0.2) is 0 Å². The van der Waals surface area contributed by atoms with Gasteiger partial charge >= 0.3 is 0 Å². The van der Waals surface area contributed by atoms with E-state index < -0.39 is 0 Å². The van der Waals surface area contributed by atoms with Gasteiger partial charge in [0.1, 0.15) is 4.49 Å². The van der Waals surface area contributed by atoms with E-state index in [4.69, 9.17) is 23.2 Å². The third-order valence-electron chi connectivity index (χ3n) is 0.126. The van der Waals surface area contributed by atoms with Crippen molar-refractivity contribution in [2.45, 2.75) is 0 Å². The molecule has 0 fully saturated rings. The third kappa shape index (κ3) is 4.75. The SMILES string of the molecule is PC=C(Cl)Cl. The number of rotatable bonds is 0. The van der Waals surface area contributed by atoms with Gasteiger partial charge in [-0.25, -0.2) is 0 Å². The standard InChI is InChI=1S/C2H3Cl2P/c3-2(4)1-5/h1H,5H2. The summed E-state index contributed by atoms with van der Waals surface area (Å²) in [7, 11) is 2.27. The monoisotopic (exact) mass is 128 g/mol. The van der Waals surface area contributed by atoms with Crippen LogP contribution in [0.25, 0.3) is 0 Å². The van der Waals surface area contributed by atoms with Crippen LogP contribution in [0, 0.1) is 0 Å². The van der Waals surface area contributed by atoms with Crippen LogP contribution in [0.5, 0.6) is 0 Å². The average Bonchev–Trinajstić information content (AvgIpc) is 1.38. The van der Waals surface area contributed by atoms with Crippen LogP contribution >= 0.6 is 32.4 Å². The molecule has 0 amide bonds. The van der Waals surface area contributed by atoms with Crippen LogP contribution in [-0.4, -0.2) is 0 Å². The van der Waals surface area contributed by atoms with Crippen molar-refractivity contribution in [1.82, 2.24) is 0 Å². The first-order valence-corrected chi connectivity index (χ1v) is 2.42. The van der Waals surface area contributed by atoms with Gasteiger partial charge in [-0.1, -0.05) is 23.2 Å². The first-order valence-electron chi connectivity index (χ1n) is 1.000. The lowest BCUT2D eigenvalue weighted by Gasteiger charge is -1.66. The Bertz CT molecular complexity index is 45.6. The molecule has 0 bridgehead atoms. The molecule has 30 valence electrons. The molecule has 0 aromatic heterocycles. The van der Waals surface area contributed by atoms with Crippen molar-refractivity contribution in [3.8, 4) is 0 Å². The van der Waals surface area contributed by atoms with E-state index in [0.717, 1.165) is 0 Å². The zero-order valence-corrected chi connectivity index (χ0v) is 5.08. The Morgan fingerprint density at radius 3 is 1.80 bits per heavy atom. The quantitative estimate of drug-likeness (QED) is 0.439. The van der Waals surface area contributed by atoms with Gasteiger partial charge < -0.3 is 0 Å². The van der Waals surface area contributed by atoms with E-state index in [0.29, 0.717) is 0 Å². The lowest BCUT2D eigenvalue weighted by Crippen LogP contribution is -1.32. The third-order valence-corrected chi connectivity index (χ3v) is 1.13. The van der Waals surface area contributed by atoms with E-state index in [-0.39, 0.29) is 4.49 Å². The van der Waals surface area contributed by atoms with Gasteiger partial charge in [-0.15, -0.1) is 9.24 Å². The summed E-state index contributed by atoms with van der Waals surface area (Å²) in [5, 5.41) is 0. The summed E-state index contributed by atoms with van der Waals surface area (Å²) in [6.07, 6.45) is 0. The van der Waals surface area contributed by atoms with Crippen molar-refractivity contribution in [3.63, 3.8) is 0 Å². The molecule has 0 spiro atoms. The number of hydrogen-bond acceptors (Lipinski definition) is 0. The minimum atomic E-state index is 0.287. The maximum atomic E-state index is 5.07. The van der Waals surface area contributed by atoms with Gasteiger partial charge in [0, 0.05) is 0 Å².